The van der Waals surface area contributed by atoms with Gasteiger partial charge in [0, 0.05) is 6.04 Å². The van der Waals surface area contributed by atoms with Crippen LogP contribution in [0.15, 0.2) is 24.3 Å². The van der Waals surface area contributed by atoms with Gasteiger partial charge in [0.2, 0.25) is 0 Å². The average Bonchev–Trinajstić information content (AvgIpc) is 3.23. The van der Waals surface area contributed by atoms with E-state index in [-0.39, 0.29) is 0 Å². The van der Waals surface area contributed by atoms with Crippen molar-refractivity contribution >= 4 is 11.8 Å². The second-order valence-electron chi connectivity index (χ2n) is 5.72. The van der Waals surface area contributed by atoms with Crippen LogP contribution < -0.4 is 5.32 Å². The van der Waals surface area contributed by atoms with Crippen LogP contribution in [0.1, 0.15) is 37.3 Å². The number of benzene rings is 1. The Kier molecular flexibility index (Phi) is 6.25. The van der Waals surface area contributed by atoms with Crippen LogP contribution in [0.3, 0.4) is 0 Å². The van der Waals surface area contributed by atoms with Crippen molar-refractivity contribution in [1.29, 1.82) is 0 Å². The lowest BCUT2D eigenvalue weighted by Gasteiger charge is -2.17. The lowest BCUT2D eigenvalue weighted by atomic mass is 9.96. The third-order valence-electron chi connectivity index (χ3n) is 3.79. The minimum Gasteiger partial charge on any atom is -0.314 e. The van der Waals surface area contributed by atoms with Gasteiger partial charge in [0.05, 0.1) is 0 Å². The number of aryl methyl sites for hydroxylation is 1. The first-order chi connectivity index (χ1) is 9.28. The molecule has 1 saturated carbocycles. The molecule has 2 rings (SSSR count). The highest BCUT2D eigenvalue weighted by Crippen LogP contribution is 2.21. The van der Waals surface area contributed by atoms with Crippen LogP contribution >= 0.6 is 11.8 Å². The predicted octanol–water partition coefficient (Wildman–Crippen LogP) is 4.05. The van der Waals surface area contributed by atoms with Crippen molar-refractivity contribution in [2.75, 3.05) is 18.1 Å². The molecule has 106 valence electrons. The van der Waals surface area contributed by atoms with Crippen LogP contribution in [0.25, 0.3) is 0 Å². The van der Waals surface area contributed by atoms with Crippen molar-refractivity contribution in [3.63, 3.8) is 0 Å². The number of nitrogens with one attached hydrogen (secondary N) is 1. The van der Waals surface area contributed by atoms with Crippen molar-refractivity contribution in [2.45, 2.75) is 45.6 Å². The summed E-state index contributed by atoms with van der Waals surface area (Å²) in [6.45, 7) is 5.61. The zero-order valence-corrected chi connectivity index (χ0v) is 13.1. The Morgan fingerprint density at radius 1 is 1.26 bits per heavy atom. The van der Waals surface area contributed by atoms with Gasteiger partial charge in [0.25, 0.3) is 0 Å². The molecule has 2 heteroatoms. The van der Waals surface area contributed by atoms with Crippen LogP contribution in [0.2, 0.25) is 0 Å². The van der Waals surface area contributed by atoms with E-state index in [1.807, 2.05) is 0 Å². The van der Waals surface area contributed by atoms with E-state index in [1.165, 1.54) is 54.9 Å². The Balaban J connectivity index is 1.81. The summed E-state index contributed by atoms with van der Waals surface area (Å²) in [4.78, 5) is 0. The van der Waals surface area contributed by atoms with Crippen LogP contribution in [0.4, 0.5) is 0 Å². The molecule has 0 aliphatic heterocycles. The summed E-state index contributed by atoms with van der Waals surface area (Å²) in [7, 11) is 0. The van der Waals surface area contributed by atoms with Gasteiger partial charge in [-0.3, -0.25) is 0 Å². The summed E-state index contributed by atoms with van der Waals surface area (Å²) in [6.07, 6.45) is 5.35. The van der Waals surface area contributed by atoms with Gasteiger partial charge in [-0.1, -0.05) is 36.8 Å². The van der Waals surface area contributed by atoms with Gasteiger partial charge in [-0.05, 0) is 62.1 Å². The zero-order chi connectivity index (χ0) is 13.5. The Morgan fingerprint density at radius 2 is 2.00 bits per heavy atom. The molecule has 0 amide bonds. The van der Waals surface area contributed by atoms with E-state index < -0.39 is 0 Å². The van der Waals surface area contributed by atoms with Crippen LogP contribution in [0.5, 0.6) is 0 Å². The monoisotopic (exact) mass is 277 g/mol. The molecule has 0 bridgehead atoms. The van der Waals surface area contributed by atoms with Crippen molar-refractivity contribution in [1.82, 2.24) is 5.32 Å². The number of rotatable bonds is 9. The van der Waals surface area contributed by atoms with Crippen molar-refractivity contribution in [3.8, 4) is 0 Å². The second kappa shape index (κ2) is 7.96. The Bertz CT molecular complexity index is 356. The summed E-state index contributed by atoms with van der Waals surface area (Å²) in [5, 5.41) is 3.71. The lowest BCUT2D eigenvalue weighted by Crippen LogP contribution is -2.26. The largest absolute Gasteiger partial charge is 0.314 e. The molecule has 1 unspecified atom stereocenters. The van der Waals surface area contributed by atoms with E-state index in [2.05, 4.69) is 55.2 Å². The molecule has 0 heterocycles. The molecule has 1 nitrogen and oxygen atoms in total. The van der Waals surface area contributed by atoms with Gasteiger partial charge >= 0.3 is 0 Å². The van der Waals surface area contributed by atoms with E-state index >= 15 is 0 Å². The van der Waals surface area contributed by atoms with Gasteiger partial charge in [-0.25, -0.2) is 0 Å². The van der Waals surface area contributed by atoms with Gasteiger partial charge in [0.1, 0.15) is 0 Å². The SMILES string of the molecule is CCSCCC(CNC1CC1)Cc1ccc(C)cc1. The van der Waals surface area contributed by atoms with E-state index in [9.17, 15) is 0 Å². The van der Waals surface area contributed by atoms with E-state index in [1.54, 1.807) is 0 Å². The Morgan fingerprint density at radius 3 is 2.63 bits per heavy atom. The van der Waals surface area contributed by atoms with Crippen LogP contribution in [-0.2, 0) is 6.42 Å². The summed E-state index contributed by atoms with van der Waals surface area (Å²) in [5.74, 6) is 3.34. The van der Waals surface area contributed by atoms with Crippen molar-refractivity contribution < 1.29 is 0 Å². The first kappa shape index (κ1) is 14.9. The van der Waals surface area contributed by atoms with Crippen LogP contribution in [-0.4, -0.2) is 24.1 Å². The standard InChI is InChI=1S/C17H27NS/c1-3-19-11-10-16(13-18-17-8-9-17)12-15-6-4-14(2)5-7-15/h4-7,16-18H,3,8-13H2,1-2H3. The molecular weight excluding hydrogens is 250 g/mol. The second-order valence-corrected chi connectivity index (χ2v) is 7.12. The summed E-state index contributed by atoms with van der Waals surface area (Å²) in [5.41, 5.74) is 2.85. The minimum absolute atomic E-state index is 0.794. The third-order valence-corrected chi connectivity index (χ3v) is 4.72. The molecule has 1 N–H and O–H groups in total. The van der Waals surface area contributed by atoms with Crippen molar-refractivity contribution in [2.24, 2.45) is 5.92 Å². The molecule has 1 aliphatic rings. The topological polar surface area (TPSA) is 12.0 Å². The molecule has 1 fully saturated rings. The van der Waals surface area contributed by atoms with Gasteiger partial charge < -0.3 is 5.32 Å². The number of thioether (sulfide) groups is 1. The van der Waals surface area contributed by atoms with E-state index in [0.29, 0.717) is 0 Å². The maximum atomic E-state index is 3.71. The fourth-order valence-corrected chi connectivity index (χ4v) is 3.14. The molecule has 0 aromatic heterocycles. The predicted molar refractivity (Wildman–Crippen MR) is 87.0 cm³/mol. The molecule has 1 aromatic carbocycles. The van der Waals surface area contributed by atoms with Gasteiger partial charge in [0.15, 0.2) is 0 Å². The summed E-state index contributed by atoms with van der Waals surface area (Å²) >= 11 is 2.07. The first-order valence-corrected chi connectivity index (χ1v) is 8.80. The number of hydrogen-bond donors (Lipinski definition) is 1. The van der Waals surface area contributed by atoms with Crippen molar-refractivity contribution in [3.05, 3.63) is 35.4 Å². The molecule has 0 radical (unpaired) electrons. The van der Waals surface area contributed by atoms with E-state index in [0.717, 1.165) is 12.0 Å². The fraction of sp³-hybridized carbons (Fsp3) is 0.647. The van der Waals surface area contributed by atoms with Crippen LogP contribution in [0, 0.1) is 12.8 Å². The van der Waals surface area contributed by atoms with E-state index in [4.69, 9.17) is 0 Å². The highest BCUT2D eigenvalue weighted by atomic mass is 32.2. The Labute approximate surface area is 122 Å². The normalized spacial score (nSPS) is 16.5. The number of hydrogen-bond acceptors (Lipinski definition) is 2. The third kappa shape index (κ3) is 6.01. The quantitative estimate of drug-likeness (QED) is 0.683. The lowest BCUT2D eigenvalue weighted by molar-refractivity contribution is 0.461. The molecule has 19 heavy (non-hydrogen) atoms. The molecule has 0 saturated heterocycles. The van der Waals surface area contributed by atoms with Gasteiger partial charge in [-0.2, -0.15) is 11.8 Å². The summed E-state index contributed by atoms with van der Waals surface area (Å²) < 4.78 is 0. The highest BCUT2D eigenvalue weighted by molar-refractivity contribution is 7.99. The Hall–Kier alpha value is -0.470. The highest BCUT2D eigenvalue weighted by Gasteiger charge is 2.21. The fourth-order valence-electron chi connectivity index (χ4n) is 2.35. The zero-order valence-electron chi connectivity index (χ0n) is 12.3. The molecule has 0 spiro atoms. The minimum atomic E-state index is 0.794. The summed E-state index contributed by atoms with van der Waals surface area (Å²) in [6, 6.07) is 9.90. The smallest absolute Gasteiger partial charge is 0.00683 e. The molecule has 1 aromatic rings. The maximum Gasteiger partial charge on any atom is 0.00683 e. The first-order valence-electron chi connectivity index (χ1n) is 7.64. The molecular formula is C17H27NS. The average molecular weight is 277 g/mol. The molecule has 1 aliphatic carbocycles. The van der Waals surface area contributed by atoms with Gasteiger partial charge in [-0.15, -0.1) is 0 Å². The molecule has 1 atom stereocenters. The maximum absolute atomic E-state index is 3.71.